The molecule has 184 valence electrons. The maximum Gasteiger partial charge on any atom is 0.407 e. The smallest absolute Gasteiger partial charge is 0.407 e. The first kappa shape index (κ1) is 25.3. The molecule has 2 fully saturated rings. The van der Waals surface area contributed by atoms with Crippen LogP contribution in [0.25, 0.3) is 11.3 Å². The fourth-order valence-corrected chi connectivity index (χ4v) is 6.12. The largest absolute Gasteiger partial charge is 0.444 e. The van der Waals surface area contributed by atoms with E-state index in [-0.39, 0.29) is 17.6 Å². The SMILES string of the molecule is Cc1cc(N2CCC3(CCC[C@H]3NC(=O)OC(C)(C)C)CC2)c(=S)[nH]c1-c1cccc(Cl)c1Cl. The van der Waals surface area contributed by atoms with Crippen LogP contribution in [0.1, 0.15) is 58.4 Å². The van der Waals surface area contributed by atoms with Gasteiger partial charge in [0.15, 0.2) is 0 Å². The van der Waals surface area contributed by atoms with Crippen molar-refractivity contribution in [2.24, 2.45) is 5.41 Å². The molecule has 2 aromatic rings. The van der Waals surface area contributed by atoms with Crippen molar-refractivity contribution in [1.82, 2.24) is 10.3 Å². The zero-order valence-corrected chi connectivity index (χ0v) is 22.6. The lowest BCUT2D eigenvalue weighted by molar-refractivity contribution is 0.0442. The molecule has 2 heterocycles. The van der Waals surface area contributed by atoms with Gasteiger partial charge >= 0.3 is 6.09 Å². The predicted octanol–water partition coefficient (Wildman–Crippen LogP) is 7.69. The number of ether oxygens (including phenoxy) is 1. The number of piperidine rings is 1. The fourth-order valence-electron chi connectivity index (χ4n) is 5.44. The molecule has 2 N–H and O–H groups in total. The highest BCUT2D eigenvalue weighted by molar-refractivity contribution is 7.71. The summed E-state index contributed by atoms with van der Waals surface area (Å²) in [6.45, 7) is 9.55. The molecule has 34 heavy (non-hydrogen) atoms. The number of amides is 1. The number of aryl methyl sites for hydroxylation is 1. The number of hydrogen-bond acceptors (Lipinski definition) is 4. The molecular weight excluding hydrogens is 489 g/mol. The van der Waals surface area contributed by atoms with Crippen molar-refractivity contribution in [3.8, 4) is 11.3 Å². The van der Waals surface area contributed by atoms with Gasteiger partial charge in [-0.15, -0.1) is 0 Å². The summed E-state index contributed by atoms with van der Waals surface area (Å²) >= 11 is 18.5. The van der Waals surface area contributed by atoms with Crippen LogP contribution < -0.4 is 10.2 Å². The van der Waals surface area contributed by atoms with E-state index in [0.29, 0.717) is 14.7 Å². The lowest BCUT2D eigenvalue weighted by Crippen LogP contribution is -2.51. The molecule has 1 saturated heterocycles. The molecule has 0 bridgehead atoms. The van der Waals surface area contributed by atoms with Crippen molar-refractivity contribution < 1.29 is 9.53 Å². The molecule has 0 unspecified atom stereocenters. The van der Waals surface area contributed by atoms with E-state index in [1.54, 1.807) is 6.07 Å². The Morgan fingerprint density at radius 2 is 1.94 bits per heavy atom. The Labute approximate surface area is 217 Å². The summed E-state index contributed by atoms with van der Waals surface area (Å²) in [5, 5.41) is 4.22. The molecule has 4 rings (SSSR count). The number of benzene rings is 1. The van der Waals surface area contributed by atoms with Crippen molar-refractivity contribution in [3.63, 3.8) is 0 Å². The highest BCUT2D eigenvalue weighted by Crippen LogP contribution is 2.47. The van der Waals surface area contributed by atoms with E-state index < -0.39 is 5.60 Å². The Balaban J connectivity index is 1.49. The van der Waals surface area contributed by atoms with Crippen LogP contribution in [0, 0.1) is 17.0 Å². The number of pyridine rings is 1. The van der Waals surface area contributed by atoms with Gasteiger partial charge in [0.25, 0.3) is 0 Å². The minimum absolute atomic E-state index is 0.127. The van der Waals surface area contributed by atoms with Crippen LogP contribution in [0.4, 0.5) is 10.5 Å². The van der Waals surface area contributed by atoms with E-state index in [4.69, 9.17) is 40.2 Å². The van der Waals surface area contributed by atoms with Gasteiger partial charge in [0.2, 0.25) is 0 Å². The Hall–Kier alpha value is -1.76. The summed E-state index contributed by atoms with van der Waals surface area (Å²) in [7, 11) is 0. The monoisotopic (exact) mass is 521 g/mol. The van der Waals surface area contributed by atoms with Gasteiger partial charge in [-0.05, 0) is 76.5 Å². The number of anilines is 1. The summed E-state index contributed by atoms with van der Waals surface area (Å²) in [5.41, 5.74) is 3.49. The van der Waals surface area contributed by atoms with Gasteiger partial charge in [-0.2, -0.15) is 0 Å². The second-order valence-corrected chi connectivity index (χ2v) is 11.8. The highest BCUT2D eigenvalue weighted by Gasteiger charge is 2.46. The van der Waals surface area contributed by atoms with Crippen molar-refractivity contribution in [3.05, 3.63) is 44.5 Å². The van der Waals surface area contributed by atoms with Crippen LogP contribution in [0.3, 0.4) is 0 Å². The second-order valence-electron chi connectivity index (χ2n) is 10.6. The molecule has 1 aromatic carbocycles. The van der Waals surface area contributed by atoms with Gasteiger partial charge in [-0.1, -0.05) is 54.0 Å². The van der Waals surface area contributed by atoms with E-state index in [1.165, 1.54) is 0 Å². The van der Waals surface area contributed by atoms with Crippen LogP contribution in [-0.2, 0) is 4.74 Å². The Morgan fingerprint density at radius 3 is 2.62 bits per heavy atom. The number of alkyl carbamates (subject to hydrolysis) is 1. The minimum Gasteiger partial charge on any atom is -0.444 e. The first-order valence-electron chi connectivity index (χ1n) is 11.9. The van der Waals surface area contributed by atoms with Crippen molar-refractivity contribution in [1.29, 1.82) is 0 Å². The van der Waals surface area contributed by atoms with Gasteiger partial charge in [0.05, 0.1) is 21.4 Å². The molecule has 1 amide bonds. The number of hydrogen-bond donors (Lipinski definition) is 2. The maximum absolute atomic E-state index is 12.4. The fraction of sp³-hybridized carbons (Fsp3) is 0.538. The Morgan fingerprint density at radius 1 is 1.24 bits per heavy atom. The zero-order valence-electron chi connectivity index (χ0n) is 20.3. The average molecular weight is 523 g/mol. The van der Waals surface area contributed by atoms with Crippen LogP contribution in [0.2, 0.25) is 10.0 Å². The molecule has 1 spiro atoms. The molecule has 1 atom stereocenters. The summed E-state index contributed by atoms with van der Waals surface area (Å²) in [6, 6.07) is 7.93. The van der Waals surface area contributed by atoms with Gasteiger partial charge in [-0.25, -0.2) is 4.79 Å². The number of aromatic nitrogens is 1. The highest BCUT2D eigenvalue weighted by atomic mass is 35.5. The van der Waals surface area contributed by atoms with Gasteiger partial charge in [0, 0.05) is 24.7 Å². The molecule has 2 aliphatic rings. The topological polar surface area (TPSA) is 57.4 Å². The first-order chi connectivity index (χ1) is 16.0. The summed E-state index contributed by atoms with van der Waals surface area (Å²) in [6.07, 6.45) is 5.00. The number of rotatable bonds is 3. The van der Waals surface area contributed by atoms with Gasteiger partial charge in [-0.3, -0.25) is 0 Å². The van der Waals surface area contributed by atoms with Crippen LogP contribution >= 0.6 is 35.4 Å². The lowest BCUT2D eigenvalue weighted by atomic mass is 9.74. The van der Waals surface area contributed by atoms with Crippen molar-refractivity contribution in [2.45, 2.75) is 71.4 Å². The number of nitrogens with one attached hydrogen (secondary N) is 2. The van der Waals surface area contributed by atoms with E-state index in [2.05, 4.69) is 28.2 Å². The molecule has 1 saturated carbocycles. The lowest BCUT2D eigenvalue weighted by Gasteiger charge is -2.44. The van der Waals surface area contributed by atoms with Gasteiger partial charge < -0.3 is 19.9 Å². The third kappa shape index (κ3) is 5.24. The number of nitrogens with zero attached hydrogens (tertiary/aromatic N) is 1. The van der Waals surface area contributed by atoms with Crippen LogP contribution in [-0.4, -0.2) is 35.8 Å². The second kappa shape index (κ2) is 9.71. The normalized spacial score (nSPS) is 19.9. The van der Waals surface area contributed by atoms with Crippen molar-refractivity contribution in [2.75, 3.05) is 18.0 Å². The maximum atomic E-state index is 12.4. The molecule has 8 heteroatoms. The van der Waals surface area contributed by atoms with Crippen LogP contribution in [0.15, 0.2) is 24.3 Å². The third-order valence-corrected chi connectivity index (χ3v) is 8.27. The molecule has 0 radical (unpaired) electrons. The van der Waals surface area contributed by atoms with Crippen molar-refractivity contribution >= 4 is 47.2 Å². The molecule has 1 aliphatic heterocycles. The summed E-state index contributed by atoms with van der Waals surface area (Å²) in [4.78, 5) is 18.2. The first-order valence-corrected chi connectivity index (χ1v) is 13.1. The zero-order chi connectivity index (χ0) is 24.7. The molecule has 1 aliphatic carbocycles. The van der Waals surface area contributed by atoms with E-state index >= 15 is 0 Å². The number of halogens is 2. The number of H-pyrrole nitrogens is 1. The predicted molar refractivity (Wildman–Crippen MR) is 143 cm³/mol. The van der Waals surface area contributed by atoms with E-state index in [0.717, 1.165) is 67.7 Å². The van der Waals surface area contributed by atoms with E-state index in [1.807, 2.05) is 32.9 Å². The average Bonchev–Trinajstić information content (AvgIpc) is 3.12. The van der Waals surface area contributed by atoms with E-state index in [9.17, 15) is 4.79 Å². The quantitative estimate of drug-likeness (QED) is 0.406. The number of carbonyl (C=O) groups excluding carboxylic acids is 1. The number of carbonyl (C=O) groups is 1. The standard InChI is InChI=1S/C26H33Cl2N3O2S/c1-16-15-19(23(34)30-22(16)17-7-5-8-18(27)21(17)28)31-13-11-26(12-14-31)10-6-9-20(26)29-24(32)33-25(2,3)4/h5,7-8,15,20H,6,9-14H2,1-4H3,(H,29,32)(H,30,34)/t20-/m1/s1. The Kier molecular flexibility index (Phi) is 7.24. The molecule has 1 aromatic heterocycles. The van der Waals surface area contributed by atoms with Crippen LogP contribution in [0.5, 0.6) is 0 Å². The number of aromatic amines is 1. The third-order valence-electron chi connectivity index (χ3n) is 7.14. The molecule has 5 nitrogen and oxygen atoms in total. The summed E-state index contributed by atoms with van der Waals surface area (Å²) in [5.74, 6) is 0. The minimum atomic E-state index is -0.491. The Bertz CT molecular complexity index is 1130. The molecular formula is C26H33Cl2N3O2S. The van der Waals surface area contributed by atoms with Gasteiger partial charge in [0.1, 0.15) is 10.2 Å². The summed E-state index contributed by atoms with van der Waals surface area (Å²) < 4.78 is 6.22.